The van der Waals surface area contributed by atoms with Gasteiger partial charge in [0.2, 0.25) is 0 Å². The van der Waals surface area contributed by atoms with Crippen LogP contribution in [0.5, 0.6) is 0 Å². The van der Waals surface area contributed by atoms with Crippen LogP contribution < -0.4 is 0 Å². The summed E-state index contributed by atoms with van der Waals surface area (Å²) in [5.41, 5.74) is 4.87. The molecule has 98 valence electrons. The molecule has 2 aliphatic rings. The van der Waals surface area contributed by atoms with Crippen LogP contribution in [-0.2, 0) is 12.8 Å². The van der Waals surface area contributed by atoms with Crippen LogP contribution in [0.3, 0.4) is 0 Å². The Kier molecular flexibility index (Phi) is 3.18. The lowest BCUT2D eigenvalue weighted by molar-refractivity contribution is 0.252. The predicted octanol–water partition coefficient (Wildman–Crippen LogP) is 5.28. The molecule has 0 bridgehead atoms. The van der Waals surface area contributed by atoms with Crippen LogP contribution in [0.4, 0.5) is 0 Å². The summed E-state index contributed by atoms with van der Waals surface area (Å²) in [6, 6.07) is 6.97. The van der Waals surface area contributed by atoms with Gasteiger partial charge in [0.25, 0.3) is 0 Å². The fourth-order valence-corrected chi connectivity index (χ4v) is 4.49. The fourth-order valence-electron chi connectivity index (χ4n) is 3.89. The van der Waals surface area contributed by atoms with Crippen molar-refractivity contribution in [1.29, 1.82) is 0 Å². The molecule has 0 amide bonds. The van der Waals surface area contributed by atoms with Crippen molar-refractivity contribution in [3.8, 4) is 0 Å². The zero-order chi connectivity index (χ0) is 12.8. The lowest BCUT2D eigenvalue weighted by Crippen LogP contribution is -2.21. The molecule has 1 heteroatoms. The molecule has 1 aromatic carbocycles. The van der Waals surface area contributed by atoms with Gasteiger partial charge in [0, 0.05) is 0 Å². The molecule has 2 atom stereocenters. The van der Waals surface area contributed by atoms with Gasteiger partial charge < -0.3 is 0 Å². The van der Waals surface area contributed by atoms with Crippen molar-refractivity contribution in [2.24, 2.45) is 11.3 Å². The van der Waals surface area contributed by atoms with E-state index in [0.29, 0.717) is 11.3 Å². The normalized spacial score (nSPS) is 27.2. The standard InChI is InChI=1S/C17H23Cl/c1-17(2)10-4-7-15(17)16(18)14-9-8-12-5-3-6-13(12)11-14/h8-9,11,15-16H,3-7,10H2,1-2H3. The molecule has 0 nitrogen and oxygen atoms in total. The average molecular weight is 263 g/mol. The Balaban J connectivity index is 1.86. The van der Waals surface area contributed by atoms with Crippen molar-refractivity contribution in [3.05, 3.63) is 34.9 Å². The summed E-state index contributed by atoms with van der Waals surface area (Å²) < 4.78 is 0. The first-order valence-corrected chi connectivity index (χ1v) is 7.77. The summed E-state index contributed by atoms with van der Waals surface area (Å²) >= 11 is 6.80. The Morgan fingerprint density at radius 2 is 1.94 bits per heavy atom. The second-order valence-corrected chi connectivity index (χ2v) is 7.24. The highest BCUT2D eigenvalue weighted by Crippen LogP contribution is 2.51. The molecule has 0 saturated heterocycles. The molecule has 0 N–H and O–H groups in total. The molecule has 1 fully saturated rings. The van der Waals surface area contributed by atoms with E-state index in [1.807, 2.05) is 0 Å². The van der Waals surface area contributed by atoms with Gasteiger partial charge in [-0.25, -0.2) is 0 Å². The molecule has 0 aromatic heterocycles. The number of hydrogen-bond donors (Lipinski definition) is 0. The maximum Gasteiger partial charge on any atom is 0.0618 e. The molecule has 2 aliphatic carbocycles. The van der Waals surface area contributed by atoms with Crippen LogP contribution in [0.2, 0.25) is 0 Å². The largest absolute Gasteiger partial charge is 0.117 e. The first-order chi connectivity index (χ1) is 8.58. The molecular weight excluding hydrogens is 240 g/mol. The van der Waals surface area contributed by atoms with Gasteiger partial charge in [0.15, 0.2) is 0 Å². The molecule has 2 unspecified atom stereocenters. The molecular formula is C17H23Cl. The third-order valence-corrected chi connectivity index (χ3v) is 5.69. The molecule has 1 saturated carbocycles. The Hall–Kier alpha value is -0.490. The van der Waals surface area contributed by atoms with Crippen molar-refractivity contribution >= 4 is 11.6 Å². The van der Waals surface area contributed by atoms with Crippen molar-refractivity contribution in [1.82, 2.24) is 0 Å². The number of alkyl halides is 1. The van der Waals surface area contributed by atoms with Gasteiger partial charge in [0.1, 0.15) is 0 Å². The maximum absolute atomic E-state index is 6.80. The van der Waals surface area contributed by atoms with Crippen molar-refractivity contribution < 1.29 is 0 Å². The van der Waals surface area contributed by atoms with Crippen molar-refractivity contribution in [2.75, 3.05) is 0 Å². The highest BCUT2D eigenvalue weighted by atomic mass is 35.5. The molecule has 0 aliphatic heterocycles. The van der Waals surface area contributed by atoms with Gasteiger partial charge in [-0.2, -0.15) is 0 Å². The predicted molar refractivity (Wildman–Crippen MR) is 78.2 cm³/mol. The highest BCUT2D eigenvalue weighted by molar-refractivity contribution is 6.21. The van der Waals surface area contributed by atoms with Crippen LogP contribution in [0.1, 0.15) is 61.6 Å². The molecule has 3 rings (SSSR count). The van der Waals surface area contributed by atoms with Crippen LogP contribution in [-0.4, -0.2) is 0 Å². The highest BCUT2D eigenvalue weighted by Gasteiger charge is 2.39. The van der Waals surface area contributed by atoms with Gasteiger partial charge in [-0.05, 0) is 60.1 Å². The fraction of sp³-hybridized carbons (Fsp3) is 0.647. The van der Waals surface area contributed by atoms with E-state index >= 15 is 0 Å². The Bertz CT molecular complexity index is 447. The zero-order valence-corrected chi connectivity index (χ0v) is 12.3. The van der Waals surface area contributed by atoms with E-state index in [2.05, 4.69) is 32.0 Å². The van der Waals surface area contributed by atoms with Crippen molar-refractivity contribution in [3.63, 3.8) is 0 Å². The molecule has 1 aromatic rings. The second kappa shape index (κ2) is 4.56. The minimum absolute atomic E-state index is 0.202. The zero-order valence-electron chi connectivity index (χ0n) is 11.5. The van der Waals surface area contributed by atoms with E-state index in [-0.39, 0.29) is 5.38 Å². The SMILES string of the molecule is CC1(C)CCCC1C(Cl)c1ccc2c(c1)CCC2. The summed E-state index contributed by atoms with van der Waals surface area (Å²) in [6.45, 7) is 4.76. The number of aryl methyl sites for hydroxylation is 2. The lowest BCUT2D eigenvalue weighted by atomic mass is 9.78. The summed E-state index contributed by atoms with van der Waals surface area (Å²) in [6.07, 6.45) is 7.79. The van der Waals surface area contributed by atoms with E-state index < -0.39 is 0 Å². The second-order valence-electron chi connectivity index (χ2n) is 6.77. The van der Waals surface area contributed by atoms with Crippen LogP contribution in [0.15, 0.2) is 18.2 Å². The minimum Gasteiger partial charge on any atom is -0.117 e. The summed E-state index contributed by atoms with van der Waals surface area (Å²) in [5.74, 6) is 0.638. The van der Waals surface area contributed by atoms with E-state index in [1.54, 1.807) is 11.1 Å². The van der Waals surface area contributed by atoms with E-state index in [4.69, 9.17) is 11.6 Å². The number of halogens is 1. The molecule has 0 heterocycles. The maximum atomic E-state index is 6.80. The number of hydrogen-bond acceptors (Lipinski definition) is 0. The number of fused-ring (bicyclic) bond motifs is 1. The van der Waals surface area contributed by atoms with E-state index in [0.717, 1.165) is 0 Å². The first kappa shape index (κ1) is 12.5. The smallest absolute Gasteiger partial charge is 0.0618 e. The first-order valence-electron chi connectivity index (χ1n) is 7.34. The summed E-state index contributed by atoms with van der Waals surface area (Å²) in [4.78, 5) is 0. The van der Waals surface area contributed by atoms with Gasteiger partial charge in [-0.3, -0.25) is 0 Å². The molecule has 18 heavy (non-hydrogen) atoms. The van der Waals surface area contributed by atoms with Crippen LogP contribution in [0, 0.1) is 11.3 Å². The quantitative estimate of drug-likeness (QED) is 0.636. The van der Waals surface area contributed by atoms with Crippen LogP contribution >= 0.6 is 11.6 Å². The Labute approximate surface area is 116 Å². The Morgan fingerprint density at radius 1 is 1.17 bits per heavy atom. The lowest BCUT2D eigenvalue weighted by Gasteiger charge is -2.31. The average Bonchev–Trinajstić information content (AvgIpc) is 2.92. The van der Waals surface area contributed by atoms with E-state index in [9.17, 15) is 0 Å². The molecule has 0 spiro atoms. The summed E-state index contributed by atoms with van der Waals surface area (Å²) in [5, 5.41) is 0.202. The van der Waals surface area contributed by atoms with Gasteiger partial charge >= 0.3 is 0 Å². The van der Waals surface area contributed by atoms with Gasteiger partial charge in [-0.1, -0.05) is 38.5 Å². The van der Waals surface area contributed by atoms with Gasteiger partial charge in [-0.15, -0.1) is 11.6 Å². The third-order valence-electron chi connectivity index (χ3n) is 5.13. The van der Waals surface area contributed by atoms with Gasteiger partial charge in [0.05, 0.1) is 5.38 Å². The minimum atomic E-state index is 0.202. The number of benzene rings is 1. The van der Waals surface area contributed by atoms with Crippen LogP contribution in [0.25, 0.3) is 0 Å². The van der Waals surface area contributed by atoms with E-state index in [1.165, 1.54) is 44.1 Å². The van der Waals surface area contributed by atoms with Crippen molar-refractivity contribution in [2.45, 2.75) is 57.7 Å². The number of rotatable bonds is 2. The topological polar surface area (TPSA) is 0 Å². The monoisotopic (exact) mass is 262 g/mol. The Morgan fingerprint density at radius 3 is 2.67 bits per heavy atom. The molecule has 0 radical (unpaired) electrons. The third kappa shape index (κ3) is 2.09. The summed E-state index contributed by atoms with van der Waals surface area (Å²) in [7, 11) is 0.